The van der Waals surface area contributed by atoms with Crippen LogP contribution in [0.4, 0.5) is 0 Å². The lowest BCUT2D eigenvalue weighted by Gasteiger charge is -2.09. The topological polar surface area (TPSA) is 46.5 Å². The first-order valence-corrected chi connectivity index (χ1v) is 5.48. The van der Waals surface area contributed by atoms with Crippen molar-refractivity contribution in [2.75, 3.05) is 0 Å². The minimum atomic E-state index is -1.04. The molecule has 3 nitrogen and oxygen atoms in total. The molecule has 3 heteroatoms. The van der Waals surface area contributed by atoms with Gasteiger partial charge in [-0.05, 0) is 12.1 Å². The molecule has 0 heterocycles. The summed E-state index contributed by atoms with van der Waals surface area (Å²) in [5.41, 5.74) is 0.726. The lowest BCUT2D eigenvalue weighted by atomic mass is 10.2. The molecule has 0 amide bonds. The maximum Gasteiger partial charge on any atom is 0.332 e. The zero-order valence-electron chi connectivity index (χ0n) is 9.61. The Hall–Kier alpha value is -2.55. The third-order valence-corrected chi connectivity index (χ3v) is 2.28. The molecule has 0 unspecified atom stereocenters. The van der Waals surface area contributed by atoms with Crippen LogP contribution in [-0.2, 0) is 4.79 Å². The average molecular weight is 240 g/mol. The van der Waals surface area contributed by atoms with Gasteiger partial charge >= 0.3 is 5.97 Å². The number of ether oxygens (including phenoxy) is 1. The molecule has 0 bridgehead atoms. The van der Waals surface area contributed by atoms with Crippen molar-refractivity contribution in [3.63, 3.8) is 0 Å². The first kappa shape index (κ1) is 11.9. The van der Waals surface area contributed by atoms with Gasteiger partial charge < -0.3 is 9.84 Å². The van der Waals surface area contributed by atoms with Crippen LogP contribution < -0.4 is 4.74 Å². The van der Waals surface area contributed by atoms with Crippen LogP contribution in [0.1, 0.15) is 5.56 Å². The fourth-order valence-corrected chi connectivity index (χ4v) is 1.50. The van der Waals surface area contributed by atoms with Gasteiger partial charge in [-0.3, -0.25) is 0 Å². The van der Waals surface area contributed by atoms with Crippen molar-refractivity contribution in [3.05, 3.63) is 72.3 Å². The largest absolute Gasteiger partial charge is 0.478 e. The molecule has 0 aliphatic rings. The van der Waals surface area contributed by atoms with Crippen molar-refractivity contribution < 1.29 is 14.6 Å². The molecule has 0 saturated carbocycles. The van der Waals surface area contributed by atoms with E-state index in [-0.39, 0.29) is 0 Å². The highest BCUT2D eigenvalue weighted by Crippen LogP contribution is 2.20. The molecule has 0 atom stereocenters. The van der Waals surface area contributed by atoms with Crippen molar-refractivity contribution in [1.29, 1.82) is 0 Å². The van der Waals surface area contributed by atoms with E-state index in [0.717, 1.165) is 11.6 Å². The summed E-state index contributed by atoms with van der Waals surface area (Å²) in [6.45, 7) is 0. The fraction of sp³-hybridized carbons (Fsp3) is 0. The highest BCUT2D eigenvalue weighted by Gasteiger charge is 2.06. The zero-order valence-corrected chi connectivity index (χ0v) is 9.61. The lowest BCUT2D eigenvalue weighted by molar-refractivity contribution is -0.131. The van der Waals surface area contributed by atoms with Crippen molar-refractivity contribution >= 4 is 11.7 Å². The summed E-state index contributed by atoms with van der Waals surface area (Å²) in [6.07, 6.45) is 1.06. The Labute approximate surface area is 105 Å². The Morgan fingerprint density at radius 3 is 2.06 bits per heavy atom. The van der Waals surface area contributed by atoms with E-state index in [4.69, 9.17) is 9.84 Å². The standard InChI is InChI=1S/C15H12O3/c16-15(17)11-14(12-7-3-1-4-8-12)18-13-9-5-2-6-10-13/h1-11H,(H,16,17)/b14-11+. The number of para-hydroxylation sites is 1. The zero-order chi connectivity index (χ0) is 12.8. The highest BCUT2D eigenvalue weighted by atomic mass is 16.5. The van der Waals surface area contributed by atoms with Crippen LogP contribution in [0.15, 0.2) is 66.7 Å². The quantitative estimate of drug-likeness (QED) is 0.659. The summed E-state index contributed by atoms with van der Waals surface area (Å²) in [7, 11) is 0. The van der Waals surface area contributed by atoms with E-state index in [0.29, 0.717) is 11.5 Å². The van der Waals surface area contributed by atoms with Crippen LogP contribution in [0.5, 0.6) is 5.75 Å². The Morgan fingerprint density at radius 1 is 0.944 bits per heavy atom. The van der Waals surface area contributed by atoms with Gasteiger partial charge in [-0.2, -0.15) is 0 Å². The third-order valence-electron chi connectivity index (χ3n) is 2.28. The molecule has 1 N–H and O–H groups in total. The van der Waals surface area contributed by atoms with Gasteiger partial charge in [0.1, 0.15) is 11.5 Å². The molecule has 90 valence electrons. The predicted octanol–water partition coefficient (Wildman–Crippen LogP) is 3.19. The number of carboxylic acids is 1. The second-order valence-corrected chi connectivity index (χ2v) is 3.63. The summed E-state index contributed by atoms with van der Waals surface area (Å²) >= 11 is 0. The van der Waals surface area contributed by atoms with Gasteiger partial charge in [0.15, 0.2) is 0 Å². The van der Waals surface area contributed by atoms with Crippen molar-refractivity contribution in [3.8, 4) is 5.75 Å². The Kier molecular flexibility index (Phi) is 3.76. The first-order valence-electron chi connectivity index (χ1n) is 5.48. The van der Waals surface area contributed by atoms with Crippen molar-refractivity contribution in [2.24, 2.45) is 0 Å². The number of carbonyl (C=O) groups is 1. The van der Waals surface area contributed by atoms with Crippen LogP contribution in [0.3, 0.4) is 0 Å². The van der Waals surface area contributed by atoms with Crippen LogP contribution in [0.2, 0.25) is 0 Å². The molecule has 0 aliphatic heterocycles. The second kappa shape index (κ2) is 5.68. The fourth-order valence-electron chi connectivity index (χ4n) is 1.50. The van der Waals surface area contributed by atoms with E-state index in [9.17, 15) is 4.79 Å². The van der Waals surface area contributed by atoms with Gasteiger partial charge in [0.2, 0.25) is 0 Å². The van der Waals surface area contributed by atoms with Gasteiger partial charge in [0.25, 0.3) is 0 Å². The monoisotopic (exact) mass is 240 g/mol. The maximum atomic E-state index is 10.8. The Morgan fingerprint density at radius 2 is 1.50 bits per heavy atom. The number of hydrogen-bond donors (Lipinski definition) is 1. The molecule has 0 aromatic heterocycles. The minimum absolute atomic E-state index is 0.314. The van der Waals surface area contributed by atoms with Crippen LogP contribution in [-0.4, -0.2) is 11.1 Å². The second-order valence-electron chi connectivity index (χ2n) is 3.63. The summed E-state index contributed by atoms with van der Waals surface area (Å²) in [5, 5.41) is 8.87. The predicted molar refractivity (Wildman–Crippen MR) is 69.1 cm³/mol. The number of benzene rings is 2. The van der Waals surface area contributed by atoms with E-state index in [2.05, 4.69) is 0 Å². The Balaban J connectivity index is 2.31. The molecule has 2 aromatic rings. The highest BCUT2D eigenvalue weighted by molar-refractivity contribution is 5.88. The molecule has 0 aliphatic carbocycles. The molecule has 0 radical (unpaired) electrons. The average Bonchev–Trinajstić information content (AvgIpc) is 2.40. The molecular weight excluding hydrogens is 228 g/mol. The summed E-state index contributed by atoms with van der Waals surface area (Å²) in [5.74, 6) is -0.118. The van der Waals surface area contributed by atoms with Gasteiger partial charge in [-0.1, -0.05) is 48.5 Å². The van der Waals surface area contributed by atoms with Gasteiger partial charge in [0, 0.05) is 5.56 Å². The van der Waals surface area contributed by atoms with E-state index in [1.165, 1.54) is 0 Å². The first-order chi connectivity index (χ1) is 8.75. The number of carboxylic acid groups (broad SMARTS) is 1. The van der Waals surface area contributed by atoms with E-state index < -0.39 is 5.97 Å². The van der Waals surface area contributed by atoms with Crippen LogP contribution >= 0.6 is 0 Å². The van der Waals surface area contributed by atoms with E-state index in [1.807, 2.05) is 36.4 Å². The number of hydrogen-bond acceptors (Lipinski definition) is 2. The Bertz CT molecular complexity index is 544. The van der Waals surface area contributed by atoms with Gasteiger partial charge in [-0.15, -0.1) is 0 Å². The molecule has 18 heavy (non-hydrogen) atoms. The summed E-state index contributed by atoms with van der Waals surface area (Å²) < 4.78 is 5.59. The lowest BCUT2D eigenvalue weighted by Crippen LogP contribution is -1.99. The maximum absolute atomic E-state index is 10.8. The van der Waals surface area contributed by atoms with Crippen LogP contribution in [0.25, 0.3) is 5.76 Å². The number of rotatable bonds is 4. The SMILES string of the molecule is O=C(O)/C=C(/Oc1ccccc1)c1ccccc1. The molecule has 2 aromatic carbocycles. The number of aliphatic carboxylic acids is 1. The van der Waals surface area contributed by atoms with Crippen LogP contribution in [0, 0.1) is 0 Å². The minimum Gasteiger partial charge on any atom is -0.478 e. The molecule has 0 fully saturated rings. The molecule has 0 saturated heterocycles. The normalized spacial score (nSPS) is 11.0. The van der Waals surface area contributed by atoms with E-state index >= 15 is 0 Å². The molecular formula is C15H12O3. The third kappa shape index (κ3) is 3.22. The smallest absolute Gasteiger partial charge is 0.332 e. The molecule has 2 rings (SSSR count). The summed E-state index contributed by atoms with van der Waals surface area (Å²) in [4.78, 5) is 10.8. The van der Waals surface area contributed by atoms with Crippen molar-refractivity contribution in [1.82, 2.24) is 0 Å². The van der Waals surface area contributed by atoms with Gasteiger partial charge in [0.05, 0.1) is 6.08 Å². The van der Waals surface area contributed by atoms with Crippen molar-refractivity contribution in [2.45, 2.75) is 0 Å². The summed E-state index contributed by atoms with van der Waals surface area (Å²) in [6, 6.07) is 18.2. The van der Waals surface area contributed by atoms with Gasteiger partial charge in [-0.25, -0.2) is 4.79 Å². The molecule has 0 spiro atoms. The van der Waals surface area contributed by atoms with E-state index in [1.54, 1.807) is 24.3 Å².